The van der Waals surface area contributed by atoms with Gasteiger partial charge in [0.1, 0.15) is 0 Å². The molecule has 0 spiro atoms. The number of non-ortho nitro benzene ring substituents is 1. The molecule has 2 saturated heterocycles. The van der Waals surface area contributed by atoms with Crippen molar-refractivity contribution in [2.24, 2.45) is 5.92 Å². The second-order valence-corrected chi connectivity index (χ2v) is 9.97. The maximum atomic E-state index is 13.2. The van der Waals surface area contributed by atoms with Crippen molar-refractivity contribution in [1.29, 1.82) is 0 Å². The van der Waals surface area contributed by atoms with Crippen LogP contribution in [0.5, 0.6) is 0 Å². The minimum absolute atomic E-state index is 0.0951. The van der Waals surface area contributed by atoms with E-state index in [1.807, 2.05) is 29.2 Å². The third kappa shape index (κ3) is 6.13. The monoisotopic (exact) mass is 493 g/mol. The van der Waals surface area contributed by atoms with E-state index in [1.54, 1.807) is 6.07 Å². The van der Waals surface area contributed by atoms with Crippen LogP contribution >= 0.6 is 0 Å². The third-order valence-corrected chi connectivity index (χ3v) is 6.84. The average molecular weight is 494 g/mol. The van der Waals surface area contributed by atoms with Gasteiger partial charge in [-0.15, -0.1) is 0 Å². The second kappa shape index (κ2) is 11.4. The lowest BCUT2D eigenvalue weighted by atomic mass is 10.1. The molecule has 0 unspecified atom stereocenters. The van der Waals surface area contributed by atoms with Crippen molar-refractivity contribution in [3.63, 3.8) is 0 Å². The van der Waals surface area contributed by atoms with E-state index >= 15 is 0 Å². The Hall–Kier alpha value is -3.62. The summed E-state index contributed by atoms with van der Waals surface area (Å²) < 4.78 is 0. The number of nitrogens with one attached hydrogen (secondary N) is 1. The van der Waals surface area contributed by atoms with Crippen molar-refractivity contribution in [2.75, 3.05) is 54.4 Å². The van der Waals surface area contributed by atoms with Gasteiger partial charge in [-0.05, 0) is 55.5 Å². The molecule has 2 amide bonds. The van der Waals surface area contributed by atoms with Gasteiger partial charge in [0.15, 0.2) is 0 Å². The van der Waals surface area contributed by atoms with Crippen LogP contribution in [0.2, 0.25) is 0 Å². The minimum atomic E-state index is -0.471. The van der Waals surface area contributed by atoms with E-state index in [2.05, 4.69) is 29.0 Å². The van der Waals surface area contributed by atoms with Gasteiger partial charge < -0.3 is 20.0 Å². The van der Waals surface area contributed by atoms with E-state index in [4.69, 9.17) is 0 Å². The zero-order chi connectivity index (χ0) is 25.7. The number of amides is 2. The number of anilines is 3. The molecule has 1 N–H and O–H groups in total. The molecule has 2 heterocycles. The molecular formula is C27H35N5O4. The van der Waals surface area contributed by atoms with E-state index < -0.39 is 4.92 Å². The molecule has 36 heavy (non-hydrogen) atoms. The number of rotatable bonds is 7. The van der Waals surface area contributed by atoms with Gasteiger partial charge in [0.05, 0.1) is 16.2 Å². The number of piperazine rings is 1. The molecule has 4 rings (SSSR count). The molecule has 2 aliphatic rings. The molecule has 2 fully saturated rings. The fourth-order valence-corrected chi connectivity index (χ4v) is 4.88. The predicted octanol–water partition coefficient (Wildman–Crippen LogP) is 4.53. The lowest BCUT2D eigenvalue weighted by Crippen LogP contribution is -2.49. The van der Waals surface area contributed by atoms with Crippen LogP contribution in [0, 0.1) is 16.0 Å². The molecule has 0 saturated carbocycles. The first kappa shape index (κ1) is 25.5. The number of benzene rings is 2. The van der Waals surface area contributed by atoms with Gasteiger partial charge in [-0.3, -0.25) is 19.7 Å². The zero-order valence-corrected chi connectivity index (χ0v) is 21.1. The molecule has 2 aliphatic heterocycles. The Morgan fingerprint density at radius 3 is 2.19 bits per heavy atom. The summed E-state index contributed by atoms with van der Waals surface area (Å²) in [5.74, 6) is 0.216. The molecule has 0 aromatic heterocycles. The average Bonchev–Trinajstić information content (AvgIpc) is 2.89. The summed E-state index contributed by atoms with van der Waals surface area (Å²) in [5, 5.41) is 14.3. The molecule has 9 nitrogen and oxygen atoms in total. The molecule has 0 aliphatic carbocycles. The Kier molecular flexibility index (Phi) is 8.07. The van der Waals surface area contributed by atoms with E-state index in [0.29, 0.717) is 36.7 Å². The van der Waals surface area contributed by atoms with Gasteiger partial charge in [-0.1, -0.05) is 13.8 Å². The van der Waals surface area contributed by atoms with Crippen LogP contribution in [0.15, 0.2) is 42.5 Å². The van der Waals surface area contributed by atoms with Gasteiger partial charge in [-0.2, -0.15) is 0 Å². The van der Waals surface area contributed by atoms with Crippen molar-refractivity contribution in [3.05, 3.63) is 58.1 Å². The normalized spacial score (nSPS) is 16.2. The number of carbonyl (C=O) groups is 2. The highest BCUT2D eigenvalue weighted by molar-refractivity contribution is 6.08. The number of nitro benzene ring substituents is 1. The Morgan fingerprint density at radius 2 is 1.58 bits per heavy atom. The number of hydrogen-bond acceptors (Lipinski definition) is 6. The summed E-state index contributed by atoms with van der Waals surface area (Å²) in [6, 6.07) is 12.1. The van der Waals surface area contributed by atoms with Crippen molar-refractivity contribution in [3.8, 4) is 0 Å². The van der Waals surface area contributed by atoms with Gasteiger partial charge in [0.2, 0.25) is 5.91 Å². The Bertz CT molecular complexity index is 1090. The number of nitrogens with zero attached hydrogens (tertiary/aromatic N) is 4. The van der Waals surface area contributed by atoms with Crippen molar-refractivity contribution >= 4 is 34.6 Å². The van der Waals surface area contributed by atoms with Crippen molar-refractivity contribution < 1.29 is 14.5 Å². The van der Waals surface area contributed by atoms with Crippen LogP contribution in [0.1, 0.15) is 49.9 Å². The number of piperidine rings is 1. The standard InChI is InChI=1S/C27H35N5O4/c1-20(2)18-26(33)31-16-14-29(15-17-31)22-8-6-21(7-9-22)28-27(34)24-19-23(32(35)36)10-11-25(24)30-12-4-3-5-13-30/h6-11,19-20H,3-5,12-18H2,1-2H3,(H,28,34). The quantitative estimate of drug-likeness (QED) is 0.449. The lowest BCUT2D eigenvalue weighted by molar-refractivity contribution is -0.384. The Balaban J connectivity index is 1.42. The van der Waals surface area contributed by atoms with Gasteiger partial charge in [0.25, 0.3) is 11.6 Å². The predicted molar refractivity (Wildman–Crippen MR) is 142 cm³/mol. The first-order valence-electron chi connectivity index (χ1n) is 12.8. The van der Waals surface area contributed by atoms with Crippen molar-refractivity contribution in [1.82, 2.24) is 4.90 Å². The Morgan fingerprint density at radius 1 is 0.917 bits per heavy atom. The molecule has 0 bridgehead atoms. The summed E-state index contributed by atoms with van der Waals surface area (Å²) in [4.78, 5) is 42.7. The smallest absolute Gasteiger partial charge is 0.270 e. The SMILES string of the molecule is CC(C)CC(=O)N1CCN(c2ccc(NC(=O)c3cc([N+](=O)[O-])ccc3N3CCCCC3)cc2)CC1. The van der Waals surface area contributed by atoms with Crippen LogP contribution in [0.25, 0.3) is 0 Å². The molecule has 0 atom stereocenters. The molecule has 0 radical (unpaired) electrons. The summed E-state index contributed by atoms with van der Waals surface area (Å²) in [6.07, 6.45) is 3.82. The summed E-state index contributed by atoms with van der Waals surface area (Å²) in [7, 11) is 0. The first-order chi connectivity index (χ1) is 17.3. The van der Waals surface area contributed by atoms with Crippen LogP contribution < -0.4 is 15.1 Å². The Labute approximate surface area is 212 Å². The van der Waals surface area contributed by atoms with E-state index in [-0.39, 0.29) is 17.5 Å². The van der Waals surface area contributed by atoms with E-state index in [9.17, 15) is 19.7 Å². The number of carbonyl (C=O) groups excluding carboxylic acids is 2. The molecule has 9 heteroatoms. The van der Waals surface area contributed by atoms with Gasteiger partial charge in [-0.25, -0.2) is 0 Å². The minimum Gasteiger partial charge on any atom is -0.371 e. The highest BCUT2D eigenvalue weighted by Crippen LogP contribution is 2.29. The van der Waals surface area contributed by atoms with Crippen LogP contribution in [0.4, 0.5) is 22.7 Å². The van der Waals surface area contributed by atoms with Crippen molar-refractivity contribution in [2.45, 2.75) is 39.5 Å². The third-order valence-electron chi connectivity index (χ3n) is 6.84. The fourth-order valence-electron chi connectivity index (χ4n) is 4.88. The highest BCUT2D eigenvalue weighted by atomic mass is 16.6. The van der Waals surface area contributed by atoms with Gasteiger partial charge >= 0.3 is 0 Å². The lowest BCUT2D eigenvalue weighted by Gasteiger charge is -2.36. The summed E-state index contributed by atoms with van der Waals surface area (Å²) in [5.41, 5.74) is 2.62. The second-order valence-electron chi connectivity index (χ2n) is 9.97. The first-order valence-corrected chi connectivity index (χ1v) is 12.8. The zero-order valence-electron chi connectivity index (χ0n) is 21.1. The fraction of sp³-hybridized carbons (Fsp3) is 0.481. The molecule has 192 valence electrons. The van der Waals surface area contributed by atoms with E-state index in [0.717, 1.165) is 56.8 Å². The highest BCUT2D eigenvalue weighted by Gasteiger charge is 2.23. The summed E-state index contributed by atoms with van der Waals surface area (Å²) >= 11 is 0. The maximum Gasteiger partial charge on any atom is 0.270 e. The molecule has 2 aromatic rings. The van der Waals surface area contributed by atoms with Crippen LogP contribution in [-0.2, 0) is 4.79 Å². The van der Waals surface area contributed by atoms with E-state index in [1.165, 1.54) is 12.1 Å². The topological polar surface area (TPSA) is 99.0 Å². The van der Waals surface area contributed by atoms with Gasteiger partial charge in [0, 0.05) is 69.2 Å². The summed E-state index contributed by atoms with van der Waals surface area (Å²) in [6.45, 7) is 8.73. The molecule has 2 aromatic carbocycles. The van der Waals surface area contributed by atoms with Crippen LogP contribution in [-0.4, -0.2) is 60.9 Å². The molecular weight excluding hydrogens is 458 g/mol. The maximum absolute atomic E-state index is 13.2. The number of nitro groups is 1. The number of hydrogen-bond donors (Lipinski definition) is 1. The largest absolute Gasteiger partial charge is 0.371 e. The van der Waals surface area contributed by atoms with Crippen LogP contribution in [0.3, 0.4) is 0 Å².